The smallest absolute Gasteiger partial charge is 0.253 e. The summed E-state index contributed by atoms with van der Waals surface area (Å²) in [6, 6.07) is 22.6. The summed E-state index contributed by atoms with van der Waals surface area (Å²) in [7, 11) is 0. The number of aromatic nitrogens is 2. The number of rotatable bonds is 4. The Kier molecular flexibility index (Phi) is 5.17. The largest absolute Gasteiger partial charge is 0.361 e. The molecule has 1 fully saturated rings. The SMILES string of the molecule is Cc1noc(C)c1-c1ccc2c3cc(C(=O)N4CC[C@@H](F)C4)ccc3n(Cc3ccccc3)c2c1. The summed E-state index contributed by atoms with van der Waals surface area (Å²) < 4.78 is 21.4. The van der Waals surface area contributed by atoms with Crippen molar-refractivity contribution in [1.82, 2.24) is 14.6 Å². The molecule has 2 aromatic heterocycles. The Hall–Kier alpha value is -3.93. The minimum absolute atomic E-state index is 0.108. The van der Waals surface area contributed by atoms with E-state index in [9.17, 15) is 9.18 Å². The molecule has 3 aromatic carbocycles. The zero-order valence-electron chi connectivity index (χ0n) is 19.8. The Balaban J connectivity index is 1.53. The Labute approximate surface area is 202 Å². The number of carbonyl (C=O) groups excluding carboxylic acids is 1. The fourth-order valence-electron chi connectivity index (χ4n) is 5.30. The Morgan fingerprint density at radius 2 is 1.86 bits per heavy atom. The number of nitrogens with zero attached hydrogens (tertiary/aromatic N) is 3. The van der Waals surface area contributed by atoms with Gasteiger partial charge in [0, 0.05) is 40.5 Å². The average molecular weight is 468 g/mol. The van der Waals surface area contributed by atoms with Gasteiger partial charge in [-0.05, 0) is 55.7 Å². The van der Waals surface area contributed by atoms with E-state index in [0.717, 1.165) is 44.4 Å². The highest BCUT2D eigenvalue weighted by Gasteiger charge is 2.27. The van der Waals surface area contributed by atoms with Crippen LogP contribution < -0.4 is 0 Å². The second-order valence-corrected chi connectivity index (χ2v) is 9.37. The van der Waals surface area contributed by atoms with Crippen molar-refractivity contribution in [3.8, 4) is 11.1 Å². The van der Waals surface area contributed by atoms with Gasteiger partial charge in [-0.1, -0.05) is 47.6 Å². The van der Waals surface area contributed by atoms with Crippen molar-refractivity contribution < 1.29 is 13.7 Å². The van der Waals surface area contributed by atoms with Crippen LogP contribution >= 0.6 is 0 Å². The third kappa shape index (κ3) is 3.70. The molecule has 0 N–H and O–H groups in total. The van der Waals surface area contributed by atoms with Crippen molar-refractivity contribution in [2.45, 2.75) is 33.0 Å². The van der Waals surface area contributed by atoms with Crippen LogP contribution in [-0.4, -0.2) is 39.8 Å². The molecule has 5 nitrogen and oxygen atoms in total. The lowest BCUT2D eigenvalue weighted by Crippen LogP contribution is -2.28. The van der Waals surface area contributed by atoms with E-state index in [1.165, 1.54) is 5.56 Å². The number of alkyl halides is 1. The number of halogens is 1. The molecule has 1 saturated heterocycles. The zero-order chi connectivity index (χ0) is 24.1. The Morgan fingerprint density at radius 3 is 2.57 bits per heavy atom. The number of carbonyl (C=O) groups is 1. The fourth-order valence-corrected chi connectivity index (χ4v) is 5.30. The first kappa shape index (κ1) is 21.6. The number of likely N-dealkylation sites (tertiary alicyclic amines) is 1. The lowest BCUT2D eigenvalue weighted by molar-refractivity contribution is 0.0783. The van der Waals surface area contributed by atoms with E-state index < -0.39 is 6.17 Å². The maximum atomic E-state index is 13.7. The number of aryl methyl sites for hydroxylation is 2. The standard InChI is InChI=1S/C29H26FN3O2/c1-18-28(19(2)35-31-18)21-8-10-24-25-14-22(29(34)32-13-12-23(30)17-32)9-11-26(25)33(27(24)15-21)16-20-6-4-3-5-7-20/h3-11,14-15,23H,12-13,16-17H2,1-2H3/t23-/m1/s1. The van der Waals surface area contributed by atoms with E-state index in [2.05, 4.69) is 40.1 Å². The summed E-state index contributed by atoms with van der Waals surface area (Å²) in [5, 5.41) is 6.22. The van der Waals surface area contributed by atoms with Gasteiger partial charge in [0.1, 0.15) is 11.9 Å². The molecule has 0 aliphatic carbocycles. The molecule has 6 heteroatoms. The van der Waals surface area contributed by atoms with Gasteiger partial charge in [-0.2, -0.15) is 0 Å². The van der Waals surface area contributed by atoms with Crippen molar-refractivity contribution in [1.29, 1.82) is 0 Å². The summed E-state index contributed by atoms with van der Waals surface area (Å²) in [6.07, 6.45) is -0.521. The first-order valence-electron chi connectivity index (χ1n) is 12.0. The van der Waals surface area contributed by atoms with Gasteiger partial charge in [-0.25, -0.2) is 4.39 Å². The summed E-state index contributed by atoms with van der Waals surface area (Å²) in [5.41, 5.74) is 6.84. The van der Waals surface area contributed by atoms with E-state index in [4.69, 9.17) is 4.52 Å². The zero-order valence-corrected chi connectivity index (χ0v) is 19.8. The molecule has 0 bridgehead atoms. The predicted octanol–water partition coefficient (Wildman–Crippen LogP) is 6.30. The van der Waals surface area contributed by atoms with Crippen molar-refractivity contribution in [2.24, 2.45) is 0 Å². The van der Waals surface area contributed by atoms with Crippen LogP contribution in [0.5, 0.6) is 0 Å². The van der Waals surface area contributed by atoms with Crippen LogP contribution in [0.3, 0.4) is 0 Å². The molecule has 35 heavy (non-hydrogen) atoms. The summed E-state index contributed by atoms with van der Waals surface area (Å²) in [4.78, 5) is 14.7. The molecule has 6 rings (SSSR count). The Bertz CT molecular complexity index is 1550. The lowest BCUT2D eigenvalue weighted by atomic mass is 10.0. The highest BCUT2D eigenvalue weighted by Crippen LogP contribution is 2.35. The molecule has 1 aliphatic heterocycles. The molecule has 0 spiro atoms. The molecule has 0 unspecified atom stereocenters. The summed E-state index contributed by atoms with van der Waals surface area (Å²) in [6.45, 7) is 5.22. The van der Waals surface area contributed by atoms with Crippen molar-refractivity contribution in [2.75, 3.05) is 13.1 Å². The highest BCUT2D eigenvalue weighted by atomic mass is 19.1. The second-order valence-electron chi connectivity index (χ2n) is 9.37. The van der Waals surface area contributed by atoms with Gasteiger partial charge in [0.05, 0.1) is 17.8 Å². The van der Waals surface area contributed by atoms with Gasteiger partial charge in [-0.15, -0.1) is 0 Å². The first-order chi connectivity index (χ1) is 17.0. The Morgan fingerprint density at radius 1 is 1.03 bits per heavy atom. The number of hydrogen-bond donors (Lipinski definition) is 0. The molecule has 176 valence electrons. The predicted molar refractivity (Wildman–Crippen MR) is 135 cm³/mol. The molecule has 5 aromatic rings. The minimum Gasteiger partial charge on any atom is -0.361 e. The van der Waals surface area contributed by atoms with Crippen LogP contribution in [0.1, 0.15) is 33.8 Å². The van der Waals surface area contributed by atoms with E-state index in [1.807, 2.05) is 50.2 Å². The van der Waals surface area contributed by atoms with Crippen LogP contribution in [0.4, 0.5) is 4.39 Å². The summed E-state index contributed by atoms with van der Waals surface area (Å²) in [5.74, 6) is 0.681. The van der Waals surface area contributed by atoms with Crippen molar-refractivity contribution in [3.63, 3.8) is 0 Å². The maximum Gasteiger partial charge on any atom is 0.253 e. The maximum absolute atomic E-state index is 13.7. The molecule has 1 atom stereocenters. The molecule has 1 aliphatic rings. The molecular formula is C29H26FN3O2. The molecule has 0 saturated carbocycles. The van der Waals surface area contributed by atoms with Crippen molar-refractivity contribution in [3.05, 3.63) is 89.3 Å². The van der Waals surface area contributed by atoms with E-state index in [-0.39, 0.29) is 12.5 Å². The molecule has 0 radical (unpaired) electrons. The molecule has 1 amide bonds. The third-order valence-corrected chi connectivity index (χ3v) is 7.04. The van der Waals surface area contributed by atoms with Gasteiger partial charge in [0.2, 0.25) is 0 Å². The molecule has 3 heterocycles. The van der Waals surface area contributed by atoms with E-state index >= 15 is 0 Å². The summed E-state index contributed by atoms with van der Waals surface area (Å²) >= 11 is 0. The van der Waals surface area contributed by atoms with Gasteiger partial charge >= 0.3 is 0 Å². The van der Waals surface area contributed by atoms with Gasteiger partial charge in [-0.3, -0.25) is 4.79 Å². The van der Waals surface area contributed by atoms with Crippen LogP contribution in [0.2, 0.25) is 0 Å². The number of fused-ring (bicyclic) bond motifs is 3. The molecular weight excluding hydrogens is 441 g/mol. The van der Waals surface area contributed by atoms with Crippen LogP contribution in [0.15, 0.2) is 71.3 Å². The minimum atomic E-state index is -0.932. The monoisotopic (exact) mass is 467 g/mol. The van der Waals surface area contributed by atoms with Gasteiger partial charge < -0.3 is 14.0 Å². The number of amides is 1. The fraction of sp³-hybridized carbons (Fsp3) is 0.241. The van der Waals surface area contributed by atoms with Crippen LogP contribution in [0.25, 0.3) is 32.9 Å². The topological polar surface area (TPSA) is 51.3 Å². The number of benzene rings is 3. The van der Waals surface area contributed by atoms with E-state index in [1.54, 1.807) is 4.90 Å². The quantitative estimate of drug-likeness (QED) is 0.312. The third-order valence-electron chi connectivity index (χ3n) is 7.04. The van der Waals surface area contributed by atoms with Gasteiger partial charge in [0.15, 0.2) is 0 Å². The average Bonchev–Trinajstić information content (AvgIpc) is 3.54. The van der Waals surface area contributed by atoms with Crippen molar-refractivity contribution >= 4 is 27.7 Å². The normalized spacial score (nSPS) is 16.0. The van der Waals surface area contributed by atoms with E-state index in [0.29, 0.717) is 25.1 Å². The number of hydrogen-bond acceptors (Lipinski definition) is 3. The van der Waals surface area contributed by atoms with Gasteiger partial charge in [0.25, 0.3) is 5.91 Å². The van der Waals surface area contributed by atoms with Crippen LogP contribution in [0, 0.1) is 13.8 Å². The first-order valence-corrected chi connectivity index (χ1v) is 12.0. The second kappa shape index (κ2) is 8.38. The lowest BCUT2D eigenvalue weighted by Gasteiger charge is -2.15. The highest BCUT2D eigenvalue weighted by molar-refractivity contribution is 6.11. The van der Waals surface area contributed by atoms with Crippen LogP contribution in [-0.2, 0) is 6.54 Å².